The topological polar surface area (TPSA) is 54.5 Å². The minimum absolute atomic E-state index is 0.152. The summed E-state index contributed by atoms with van der Waals surface area (Å²) in [5.41, 5.74) is 0.486. The highest BCUT2D eigenvalue weighted by Crippen LogP contribution is 2.24. The van der Waals surface area contributed by atoms with Gasteiger partial charge in [0.15, 0.2) is 9.84 Å². The van der Waals surface area contributed by atoms with Crippen LogP contribution in [-0.4, -0.2) is 26.1 Å². The van der Waals surface area contributed by atoms with Crippen molar-refractivity contribution in [2.45, 2.75) is 12.5 Å². The van der Waals surface area contributed by atoms with E-state index in [0.29, 0.717) is 5.69 Å². The Morgan fingerprint density at radius 2 is 2.00 bits per heavy atom. The molecule has 1 aromatic carbocycles. The van der Waals surface area contributed by atoms with Crippen LogP contribution >= 0.6 is 11.3 Å². The first-order valence-corrected chi connectivity index (χ1v) is 9.55. The number of hydrogen-bond donors (Lipinski definition) is 0. The number of sulfone groups is 1. The zero-order valence-electron chi connectivity index (χ0n) is 12.1. The molecule has 3 rings (SSSR count). The molecule has 23 heavy (non-hydrogen) atoms. The van der Waals surface area contributed by atoms with E-state index >= 15 is 0 Å². The van der Waals surface area contributed by atoms with Gasteiger partial charge in [0, 0.05) is 16.0 Å². The Balaban J connectivity index is 1.91. The van der Waals surface area contributed by atoms with Gasteiger partial charge in [0.1, 0.15) is 5.82 Å². The molecule has 7 heteroatoms. The van der Waals surface area contributed by atoms with Crippen LogP contribution in [0.4, 0.5) is 10.1 Å². The fourth-order valence-electron chi connectivity index (χ4n) is 2.49. The lowest BCUT2D eigenvalue weighted by Gasteiger charge is -2.27. The van der Waals surface area contributed by atoms with Gasteiger partial charge in [0.25, 0.3) is 0 Å². The molecule has 0 N–H and O–H groups in total. The second-order valence-corrected chi connectivity index (χ2v) is 8.19. The Labute approximate surface area is 137 Å². The summed E-state index contributed by atoms with van der Waals surface area (Å²) in [4.78, 5) is 15.0. The summed E-state index contributed by atoms with van der Waals surface area (Å²) in [7, 11) is -3.30. The fraction of sp³-hybridized carbons (Fsp3) is 0.188. The average Bonchev–Trinajstić information content (AvgIpc) is 3.11. The van der Waals surface area contributed by atoms with Crippen molar-refractivity contribution in [1.29, 1.82) is 0 Å². The number of thiophene rings is 1. The van der Waals surface area contributed by atoms with Gasteiger partial charge in [0.05, 0.1) is 18.2 Å². The molecule has 1 unspecified atom stereocenters. The van der Waals surface area contributed by atoms with Crippen LogP contribution in [0.2, 0.25) is 0 Å². The number of anilines is 1. The van der Waals surface area contributed by atoms with E-state index in [1.807, 2.05) is 17.5 Å². The van der Waals surface area contributed by atoms with Crippen molar-refractivity contribution in [3.8, 4) is 0 Å². The molecule has 0 bridgehead atoms. The van der Waals surface area contributed by atoms with Crippen molar-refractivity contribution in [2.24, 2.45) is 0 Å². The molecular weight excluding hydrogens is 337 g/mol. The summed E-state index contributed by atoms with van der Waals surface area (Å²) >= 11 is 1.46. The largest absolute Gasteiger partial charge is 0.304 e. The molecule has 1 aliphatic heterocycles. The van der Waals surface area contributed by atoms with Crippen molar-refractivity contribution in [3.63, 3.8) is 0 Å². The lowest BCUT2D eigenvalue weighted by molar-refractivity contribution is -0.118. The predicted molar refractivity (Wildman–Crippen MR) is 88.6 cm³/mol. The number of nitrogens with zero attached hydrogens (tertiary/aromatic N) is 1. The molecule has 0 spiro atoms. The summed E-state index contributed by atoms with van der Waals surface area (Å²) in [6.07, 6.45) is 1.68. The maximum Gasteiger partial charge on any atom is 0.232 e. The summed E-state index contributed by atoms with van der Waals surface area (Å²) < 4.78 is 36.5. The number of amides is 1. The molecule has 2 heterocycles. The van der Waals surface area contributed by atoms with Gasteiger partial charge in [-0.3, -0.25) is 4.79 Å². The Hall–Kier alpha value is -1.99. The van der Waals surface area contributed by atoms with Crippen LogP contribution in [0.3, 0.4) is 0 Å². The Morgan fingerprint density at radius 1 is 1.26 bits per heavy atom. The zero-order chi connectivity index (χ0) is 16.4. The van der Waals surface area contributed by atoms with Crippen molar-refractivity contribution in [1.82, 2.24) is 0 Å². The maximum atomic E-state index is 13.1. The molecule has 120 valence electrons. The molecule has 1 atom stereocenters. The molecule has 0 radical (unpaired) electrons. The maximum absolute atomic E-state index is 13.1. The SMILES string of the molecule is O=C(Cc1cccs1)N(c1ccc(F)cc1)C1C=CS(=O)(=O)C1. The predicted octanol–water partition coefficient (Wildman–Crippen LogP) is 2.77. The van der Waals surface area contributed by atoms with E-state index in [1.54, 1.807) is 0 Å². The smallest absolute Gasteiger partial charge is 0.232 e. The second-order valence-electron chi connectivity index (χ2n) is 5.22. The Morgan fingerprint density at radius 3 is 2.57 bits per heavy atom. The monoisotopic (exact) mass is 351 g/mol. The van der Waals surface area contributed by atoms with Crippen molar-refractivity contribution >= 4 is 32.8 Å². The molecule has 0 saturated heterocycles. The number of halogens is 1. The van der Waals surface area contributed by atoms with E-state index < -0.39 is 21.7 Å². The molecule has 1 amide bonds. The van der Waals surface area contributed by atoms with Gasteiger partial charge in [-0.25, -0.2) is 12.8 Å². The fourth-order valence-corrected chi connectivity index (χ4v) is 4.45. The van der Waals surface area contributed by atoms with E-state index in [-0.39, 0.29) is 18.1 Å². The molecule has 1 aliphatic rings. The first-order chi connectivity index (χ1) is 10.9. The first kappa shape index (κ1) is 15.9. The van der Waals surface area contributed by atoms with E-state index in [0.717, 1.165) is 10.3 Å². The van der Waals surface area contributed by atoms with Crippen molar-refractivity contribution in [3.05, 3.63) is 64.0 Å². The molecule has 1 aromatic heterocycles. The van der Waals surface area contributed by atoms with Crippen LogP contribution in [0.1, 0.15) is 4.88 Å². The van der Waals surface area contributed by atoms with Gasteiger partial charge in [-0.1, -0.05) is 6.07 Å². The normalized spacial score (nSPS) is 18.9. The number of rotatable bonds is 4. The summed E-state index contributed by atoms with van der Waals surface area (Å²) in [5, 5.41) is 3.01. The highest BCUT2D eigenvalue weighted by atomic mass is 32.2. The van der Waals surface area contributed by atoms with Gasteiger partial charge in [-0.05, 0) is 41.8 Å². The van der Waals surface area contributed by atoms with Gasteiger partial charge in [-0.2, -0.15) is 0 Å². The highest BCUT2D eigenvalue weighted by Gasteiger charge is 2.31. The van der Waals surface area contributed by atoms with E-state index in [1.165, 1.54) is 46.6 Å². The lowest BCUT2D eigenvalue weighted by atomic mass is 10.2. The lowest BCUT2D eigenvalue weighted by Crippen LogP contribution is -2.42. The van der Waals surface area contributed by atoms with Crippen LogP contribution in [0.15, 0.2) is 53.3 Å². The van der Waals surface area contributed by atoms with E-state index in [9.17, 15) is 17.6 Å². The van der Waals surface area contributed by atoms with E-state index in [2.05, 4.69) is 0 Å². The highest BCUT2D eigenvalue weighted by molar-refractivity contribution is 7.94. The zero-order valence-corrected chi connectivity index (χ0v) is 13.7. The third kappa shape index (κ3) is 3.68. The standard InChI is InChI=1S/C16H14FNO3S2/c17-12-3-5-13(6-4-12)18(14-7-9-23(20,21)11-14)16(19)10-15-2-1-8-22-15/h1-9,14H,10-11H2. The third-order valence-electron chi connectivity index (χ3n) is 3.52. The molecule has 4 nitrogen and oxygen atoms in total. The van der Waals surface area contributed by atoms with Crippen LogP contribution in [-0.2, 0) is 21.1 Å². The van der Waals surface area contributed by atoms with Crippen LogP contribution in [0, 0.1) is 5.82 Å². The molecule has 0 aliphatic carbocycles. The van der Waals surface area contributed by atoms with Gasteiger partial charge < -0.3 is 4.90 Å². The number of benzene rings is 1. The molecule has 2 aromatic rings. The minimum Gasteiger partial charge on any atom is -0.304 e. The second kappa shape index (κ2) is 6.25. The Bertz CT molecular complexity index is 827. The van der Waals surface area contributed by atoms with Crippen LogP contribution in [0.5, 0.6) is 0 Å². The van der Waals surface area contributed by atoms with Crippen molar-refractivity contribution in [2.75, 3.05) is 10.7 Å². The van der Waals surface area contributed by atoms with Crippen LogP contribution < -0.4 is 4.90 Å². The number of hydrogen-bond acceptors (Lipinski definition) is 4. The molecular formula is C16H14FNO3S2. The summed E-state index contributed by atoms with van der Waals surface area (Å²) in [5.74, 6) is -0.777. The van der Waals surface area contributed by atoms with Crippen molar-refractivity contribution < 1.29 is 17.6 Å². The van der Waals surface area contributed by atoms with Crippen LogP contribution in [0.25, 0.3) is 0 Å². The average molecular weight is 351 g/mol. The number of carbonyl (C=O) groups is 1. The summed E-state index contributed by atoms with van der Waals surface area (Å²) in [6, 6.07) is 8.63. The number of carbonyl (C=O) groups excluding carboxylic acids is 1. The van der Waals surface area contributed by atoms with Gasteiger partial charge >= 0.3 is 0 Å². The molecule has 0 fully saturated rings. The molecule has 0 saturated carbocycles. The van der Waals surface area contributed by atoms with Gasteiger partial charge in [0.2, 0.25) is 5.91 Å². The van der Waals surface area contributed by atoms with Gasteiger partial charge in [-0.15, -0.1) is 11.3 Å². The minimum atomic E-state index is -3.30. The van der Waals surface area contributed by atoms with E-state index in [4.69, 9.17) is 0 Å². The Kier molecular flexibility index (Phi) is 4.32. The summed E-state index contributed by atoms with van der Waals surface area (Å²) in [6.45, 7) is 0. The first-order valence-electron chi connectivity index (χ1n) is 6.95. The third-order valence-corrected chi connectivity index (χ3v) is 5.78. The quantitative estimate of drug-likeness (QED) is 0.851.